The topological polar surface area (TPSA) is 29.5 Å². The first kappa shape index (κ1) is 43.2. The molecule has 0 spiro atoms. The van der Waals surface area contributed by atoms with Gasteiger partial charge in [-0.25, -0.2) is 0 Å². The van der Waals surface area contributed by atoms with Gasteiger partial charge in [0.2, 0.25) is 0 Å². The molecule has 0 fully saturated rings. The van der Waals surface area contributed by atoms with Crippen LogP contribution in [-0.2, 0) is 21.7 Å². The van der Waals surface area contributed by atoms with Crippen LogP contribution in [-0.4, -0.2) is 0 Å². The van der Waals surface area contributed by atoms with Gasteiger partial charge in [-0.15, -0.1) is 0 Å². The molecule has 2 heterocycles. The van der Waals surface area contributed by atoms with E-state index in [0.717, 1.165) is 44.7 Å². The van der Waals surface area contributed by atoms with Crippen molar-refractivity contribution in [1.29, 1.82) is 0 Å². The maximum Gasteiger partial charge on any atom is 0.144 e. The van der Waals surface area contributed by atoms with E-state index >= 15 is 0 Å². The van der Waals surface area contributed by atoms with E-state index in [-0.39, 0.29) is 21.7 Å². The summed E-state index contributed by atoms with van der Waals surface area (Å²) in [4.78, 5) is 2.52. The van der Waals surface area contributed by atoms with Gasteiger partial charge in [0.15, 0.2) is 0 Å². The van der Waals surface area contributed by atoms with Gasteiger partial charge in [0.1, 0.15) is 22.3 Å². The molecule has 0 amide bonds. The van der Waals surface area contributed by atoms with E-state index in [4.69, 9.17) is 8.83 Å². The van der Waals surface area contributed by atoms with Crippen LogP contribution in [0.15, 0.2) is 167 Å². The van der Waals surface area contributed by atoms with Gasteiger partial charge in [0.05, 0.1) is 0 Å². The summed E-state index contributed by atoms with van der Waals surface area (Å²) in [6, 6.07) is 59.2. The number of hydrogen-bond donors (Lipinski definition) is 0. The van der Waals surface area contributed by atoms with Gasteiger partial charge >= 0.3 is 0 Å². The molecular formula is C69H59NO2. The monoisotopic (exact) mass is 933 g/mol. The molecule has 0 saturated carbocycles. The van der Waals surface area contributed by atoms with Crippen LogP contribution >= 0.6 is 0 Å². The standard InChI is InChI=1S/C69H59NO2/c1-38-24-33-54(39(2)34-38)70(42-29-31-45-51(35-42)67(6,7)53-37-49(40-25-27-41(28-26-40)66(3,4)5)64-59(57(45)53)47-19-13-16-22-55(47)71-64)43-30-32-46-52(36-43)69(10,11)62-58(46)60-48-20-14-17-23-56(48)72-65(60)61-44-18-12-15-21-50(44)68(8,9)63(61)62/h12-37H,1-11H3. The zero-order valence-electron chi connectivity index (χ0n) is 43.3. The smallest absolute Gasteiger partial charge is 0.144 e. The second-order valence-corrected chi connectivity index (χ2v) is 23.8. The molecule has 0 atom stereocenters. The second-order valence-electron chi connectivity index (χ2n) is 23.8. The van der Waals surface area contributed by atoms with Crippen molar-refractivity contribution in [3.8, 4) is 44.5 Å². The molecule has 0 saturated heterocycles. The van der Waals surface area contributed by atoms with Gasteiger partial charge in [-0.05, 0) is 146 Å². The molecule has 3 heteroatoms. The zero-order chi connectivity index (χ0) is 49.5. The fraction of sp³-hybridized carbons (Fsp3) is 0.217. The zero-order valence-corrected chi connectivity index (χ0v) is 43.3. The summed E-state index contributed by atoms with van der Waals surface area (Å²) in [6.07, 6.45) is 0. The molecule has 3 aliphatic carbocycles. The van der Waals surface area contributed by atoms with Crippen molar-refractivity contribution < 1.29 is 8.83 Å². The molecule has 3 nitrogen and oxygen atoms in total. The molecule has 352 valence electrons. The summed E-state index contributed by atoms with van der Waals surface area (Å²) >= 11 is 0. The van der Waals surface area contributed by atoms with E-state index in [1.165, 1.54) is 111 Å². The summed E-state index contributed by atoms with van der Waals surface area (Å²) in [5.41, 5.74) is 28.4. The fourth-order valence-electron chi connectivity index (χ4n) is 13.7. The van der Waals surface area contributed by atoms with E-state index in [1.807, 2.05) is 0 Å². The van der Waals surface area contributed by atoms with Crippen molar-refractivity contribution in [2.45, 2.75) is 97.8 Å². The molecule has 0 unspecified atom stereocenters. The molecule has 2 aromatic heterocycles. The van der Waals surface area contributed by atoms with Crippen molar-refractivity contribution in [2.24, 2.45) is 0 Å². The van der Waals surface area contributed by atoms with E-state index in [1.54, 1.807) is 0 Å². The minimum atomic E-state index is -0.324. The molecule has 0 radical (unpaired) electrons. The van der Waals surface area contributed by atoms with Gasteiger partial charge < -0.3 is 13.7 Å². The quantitative estimate of drug-likeness (QED) is 0.176. The lowest BCUT2D eigenvalue weighted by Gasteiger charge is -2.32. The SMILES string of the molecule is Cc1ccc(N(c2ccc3c(c2)C(C)(C)c2cc(-c4ccc(C(C)(C)C)cc4)c4oc5ccccc5c4c2-3)c2ccc3c(c2)C(C)(C)c2c4c(c5oc6ccccc6c5c2-3)-c2ccccc2C4(C)C)c(C)c1. The van der Waals surface area contributed by atoms with Crippen LogP contribution in [0.2, 0.25) is 0 Å². The number of benzene rings is 9. The third-order valence-corrected chi connectivity index (χ3v) is 17.3. The Kier molecular flexibility index (Phi) is 8.57. The molecule has 0 aliphatic heterocycles. The Balaban J connectivity index is 0.978. The maximum absolute atomic E-state index is 7.00. The van der Waals surface area contributed by atoms with Crippen LogP contribution in [0.25, 0.3) is 88.4 Å². The molecular weight excluding hydrogens is 875 g/mol. The summed E-state index contributed by atoms with van der Waals surface area (Å²) < 4.78 is 13.9. The lowest BCUT2D eigenvalue weighted by Crippen LogP contribution is -2.24. The highest BCUT2D eigenvalue weighted by molar-refractivity contribution is 6.21. The molecule has 0 bridgehead atoms. The minimum absolute atomic E-state index is 0.0608. The Bertz CT molecular complexity index is 4180. The summed E-state index contributed by atoms with van der Waals surface area (Å²) in [5, 5.41) is 4.75. The van der Waals surface area contributed by atoms with Crippen molar-refractivity contribution in [2.75, 3.05) is 4.90 Å². The van der Waals surface area contributed by atoms with Crippen molar-refractivity contribution >= 4 is 60.9 Å². The van der Waals surface area contributed by atoms with Gasteiger partial charge in [-0.3, -0.25) is 0 Å². The Morgan fingerprint density at radius 3 is 1.62 bits per heavy atom. The number of fused-ring (bicyclic) bond motifs is 19. The highest BCUT2D eigenvalue weighted by Crippen LogP contribution is 2.64. The van der Waals surface area contributed by atoms with Gasteiger partial charge in [0.25, 0.3) is 0 Å². The number of para-hydroxylation sites is 2. The summed E-state index contributed by atoms with van der Waals surface area (Å²) in [5.74, 6) is 0. The second kappa shape index (κ2) is 14.3. The molecule has 14 rings (SSSR count). The predicted molar refractivity (Wildman–Crippen MR) is 302 cm³/mol. The van der Waals surface area contributed by atoms with Crippen molar-refractivity contribution in [1.82, 2.24) is 0 Å². The van der Waals surface area contributed by atoms with Crippen LogP contribution in [0.3, 0.4) is 0 Å². The number of anilines is 3. The van der Waals surface area contributed by atoms with Crippen molar-refractivity contribution in [3.63, 3.8) is 0 Å². The number of nitrogens with zero attached hydrogens (tertiary/aromatic N) is 1. The van der Waals surface area contributed by atoms with Crippen LogP contribution in [0.5, 0.6) is 0 Å². The lowest BCUT2D eigenvalue weighted by molar-refractivity contribution is 0.590. The van der Waals surface area contributed by atoms with Crippen molar-refractivity contribution in [3.05, 3.63) is 208 Å². The first-order valence-electron chi connectivity index (χ1n) is 25.8. The van der Waals surface area contributed by atoms with Gasteiger partial charge in [-0.1, -0.05) is 177 Å². The molecule has 72 heavy (non-hydrogen) atoms. The Morgan fingerprint density at radius 2 is 0.972 bits per heavy atom. The van der Waals surface area contributed by atoms with E-state index in [2.05, 4.69) is 239 Å². The van der Waals surface area contributed by atoms with Gasteiger partial charge in [-0.2, -0.15) is 0 Å². The Morgan fingerprint density at radius 1 is 0.431 bits per heavy atom. The summed E-state index contributed by atoms with van der Waals surface area (Å²) in [6.45, 7) is 25.9. The van der Waals surface area contributed by atoms with Gasteiger partial charge in [0, 0.05) is 66.0 Å². The van der Waals surface area contributed by atoms with Crippen LogP contribution in [0.1, 0.15) is 112 Å². The average Bonchev–Trinajstić information content (AvgIpc) is 4.11. The average molecular weight is 934 g/mol. The van der Waals surface area contributed by atoms with E-state index in [0.29, 0.717) is 0 Å². The van der Waals surface area contributed by atoms with Crippen LogP contribution in [0.4, 0.5) is 17.1 Å². The van der Waals surface area contributed by atoms with Crippen LogP contribution in [0, 0.1) is 13.8 Å². The Hall–Kier alpha value is -7.62. The number of furan rings is 2. The molecule has 3 aliphatic rings. The van der Waals surface area contributed by atoms with E-state index in [9.17, 15) is 0 Å². The third kappa shape index (κ3) is 5.63. The Labute approximate surface area is 422 Å². The lowest BCUT2D eigenvalue weighted by atomic mass is 9.72. The predicted octanol–water partition coefficient (Wildman–Crippen LogP) is 19.5. The highest BCUT2D eigenvalue weighted by atomic mass is 16.3. The van der Waals surface area contributed by atoms with Crippen LogP contribution < -0.4 is 4.90 Å². The summed E-state index contributed by atoms with van der Waals surface area (Å²) in [7, 11) is 0. The third-order valence-electron chi connectivity index (χ3n) is 17.3. The molecule has 9 aromatic carbocycles. The minimum Gasteiger partial charge on any atom is -0.455 e. The largest absolute Gasteiger partial charge is 0.455 e. The fourth-order valence-corrected chi connectivity index (χ4v) is 13.7. The first-order chi connectivity index (χ1) is 34.4. The molecule has 11 aromatic rings. The number of aryl methyl sites for hydroxylation is 2. The first-order valence-corrected chi connectivity index (χ1v) is 25.8. The normalized spacial score (nSPS) is 15.5. The maximum atomic E-state index is 7.00. The molecule has 0 N–H and O–H groups in total. The number of rotatable bonds is 4. The van der Waals surface area contributed by atoms with E-state index < -0.39 is 0 Å². The highest BCUT2D eigenvalue weighted by Gasteiger charge is 2.49. The number of hydrogen-bond acceptors (Lipinski definition) is 3.